The molecule has 0 saturated heterocycles. The highest BCUT2D eigenvalue weighted by Crippen LogP contribution is 2.22. The van der Waals surface area contributed by atoms with E-state index in [9.17, 15) is 9.59 Å². The Kier molecular flexibility index (Phi) is 6.23. The maximum atomic E-state index is 13.3. The maximum Gasteiger partial charge on any atom is 0.279 e. The summed E-state index contributed by atoms with van der Waals surface area (Å²) < 4.78 is 3.51. The van der Waals surface area contributed by atoms with Crippen molar-refractivity contribution in [3.63, 3.8) is 0 Å². The van der Waals surface area contributed by atoms with Gasteiger partial charge in [-0.3, -0.25) is 14.5 Å². The molecule has 3 aromatic rings. The largest absolute Gasteiger partial charge is 0.352 e. The molecule has 0 spiro atoms. The third-order valence-electron chi connectivity index (χ3n) is 5.99. The summed E-state index contributed by atoms with van der Waals surface area (Å²) in [6.45, 7) is 9.89. The van der Waals surface area contributed by atoms with E-state index in [-0.39, 0.29) is 11.5 Å². The lowest BCUT2D eigenvalue weighted by atomic mass is 10.0. The van der Waals surface area contributed by atoms with E-state index in [4.69, 9.17) is 0 Å². The van der Waals surface area contributed by atoms with Crippen molar-refractivity contribution in [2.75, 3.05) is 13.1 Å². The number of benzene rings is 1. The first-order valence-electron chi connectivity index (χ1n) is 11.2. The molecule has 0 unspecified atom stereocenters. The molecule has 1 aliphatic rings. The van der Waals surface area contributed by atoms with E-state index in [1.54, 1.807) is 0 Å². The molecule has 1 aliphatic heterocycles. The number of nitrogens with zero attached hydrogens (tertiary/aromatic N) is 4. The monoisotopic (exact) mass is 421 g/mol. The van der Waals surface area contributed by atoms with Gasteiger partial charge >= 0.3 is 0 Å². The second kappa shape index (κ2) is 9.06. The number of carbonyl (C=O) groups is 1. The summed E-state index contributed by atoms with van der Waals surface area (Å²) in [5.74, 6) is 0.350. The molecular formula is C24H31N5O2. The van der Waals surface area contributed by atoms with Gasteiger partial charge in [0.05, 0.1) is 11.8 Å². The fourth-order valence-electron chi connectivity index (χ4n) is 4.35. The number of fused-ring (bicyclic) bond motifs is 2. The molecule has 0 bridgehead atoms. The van der Waals surface area contributed by atoms with Crippen molar-refractivity contribution in [1.82, 2.24) is 24.4 Å². The fourth-order valence-corrected chi connectivity index (χ4v) is 4.35. The number of aromatic nitrogens is 3. The first-order chi connectivity index (χ1) is 15.0. The molecule has 0 fully saturated rings. The van der Waals surface area contributed by atoms with Crippen molar-refractivity contribution in [3.05, 3.63) is 69.3 Å². The molecule has 0 saturated carbocycles. The quantitative estimate of drug-likeness (QED) is 0.637. The molecule has 7 nitrogen and oxygen atoms in total. The van der Waals surface area contributed by atoms with Crippen LogP contribution < -0.4 is 10.9 Å². The molecule has 164 valence electrons. The summed E-state index contributed by atoms with van der Waals surface area (Å²) in [7, 11) is 0. The molecule has 0 aliphatic carbocycles. The van der Waals surface area contributed by atoms with Gasteiger partial charge in [0.25, 0.3) is 11.5 Å². The minimum atomic E-state index is -0.168. The number of aryl methyl sites for hydroxylation is 1. The Morgan fingerprint density at radius 3 is 2.71 bits per heavy atom. The van der Waals surface area contributed by atoms with Crippen molar-refractivity contribution in [1.29, 1.82) is 0 Å². The summed E-state index contributed by atoms with van der Waals surface area (Å²) in [5.41, 5.74) is 4.01. The molecule has 1 amide bonds. The average molecular weight is 422 g/mol. The predicted octanol–water partition coefficient (Wildman–Crippen LogP) is 2.85. The standard InChI is InChI=1S/C24H31N5O2/c1-4-28-21-11-13-27(15-18-8-6-5-7-9-18)16-20(21)24(31)29-23(28)19(14-26-29)22(30)25-12-10-17(2)3/h5-9,14,17H,4,10-13,15-16H2,1-3H3,(H,25,30). The summed E-state index contributed by atoms with van der Waals surface area (Å²) >= 11 is 0. The van der Waals surface area contributed by atoms with E-state index in [2.05, 4.69) is 52.8 Å². The van der Waals surface area contributed by atoms with E-state index in [1.165, 1.54) is 16.3 Å². The van der Waals surface area contributed by atoms with E-state index < -0.39 is 0 Å². The van der Waals surface area contributed by atoms with Crippen LogP contribution >= 0.6 is 0 Å². The first kappa shape index (κ1) is 21.3. The van der Waals surface area contributed by atoms with Gasteiger partial charge in [-0.05, 0) is 24.8 Å². The number of rotatable bonds is 7. The summed E-state index contributed by atoms with van der Waals surface area (Å²) in [6, 6.07) is 10.3. The molecule has 4 rings (SSSR count). The minimum Gasteiger partial charge on any atom is -0.352 e. The Morgan fingerprint density at radius 2 is 2.00 bits per heavy atom. The van der Waals surface area contributed by atoms with Gasteiger partial charge in [-0.2, -0.15) is 9.61 Å². The minimum absolute atomic E-state index is 0.117. The third kappa shape index (κ3) is 4.28. The van der Waals surface area contributed by atoms with Crippen LogP contribution in [-0.4, -0.2) is 38.1 Å². The Hall–Kier alpha value is -2.93. The molecule has 1 aromatic carbocycles. The number of hydrogen-bond donors (Lipinski definition) is 1. The zero-order valence-electron chi connectivity index (χ0n) is 18.6. The van der Waals surface area contributed by atoms with Crippen molar-refractivity contribution in [3.8, 4) is 0 Å². The second-order valence-electron chi connectivity index (χ2n) is 8.65. The van der Waals surface area contributed by atoms with Gasteiger partial charge in [-0.15, -0.1) is 0 Å². The van der Waals surface area contributed by atoms with E-state index >= 15 is 0 Å². The molecular weight excluding hydrogens is 390 g/mol. The lowest BCUT2D eigenvalue weighted by Crippen LogP contribution is -2.38. The first-order valence-corrected chi connectivity index (χ1v) is 11.2. The molecule has 31 heavy (non-hydrogen) atoms. The third-order valence-corrected chi connectivity index (χ3v) is 5.99. The van der Waals surface area contributed by atoms with E-state index in [0.29, 0.717) is 36.8 Å². The average Bonchev–Trinajstić information content (AvgIpc) is 3.20. The maximum absolute atomic E-state index is 13.3. The highest BCUT2D eigenvalue weighted by Gasteiger charge is 2.27. The van der Waals surface area contributed by atoms with Crippen LogP contribution in [0.5, 0.6) is 0 Å². The summed E-state index contributed by atoms with van der Waals surface area (Å²) in [6.07, 6.45) is 3.22. The van der Waals surface area contributed by atoms with E-state index in [0.717, 1.165) is 37.2 Å². The van der Waals surface area contributed by atoms with Gasteiger partial charge in [-0.25, -0.2) is 0 Å². The molecule has 0 radical (unpaired) electrons. The van der Waals surface area contributed by atoms with Gasteiger partial charge in [0, 0.05) is 44.8 Å². The lowest BCUT2D eigenvalue weighted by molar-refractivity contribution is 0.0953. The summed E-state index contributed by atoms with van der Waals surface area (Å²) in [5, 5.41) is 7.29. The topological polar surface area (TPSA) is 71.6 Å². The van der Waals surface area contributed by atoms with Gasteiger partial charge in [0.15, 0.2) is 5.65 Å². The Balaban J connectivity index is 1.66. The van der Waals surface area contributed by atoms with Crippen LogP contribution in [0.2, 0.25) is 0 Å². The highest BCUT2D eigenvalue weighted by molar-refractivity contribution is 5.99. The van der Waals surface area contributed by atoms with Crippen LogP contribution in [0.25, 0.3) is 5.65 Å². The molecule has 7 heteroatoms. The smallest absolute Gasteiger partial charge is 0.279 e. The van der Waals surface area contributed by atoms with Gasteiger partial charge in [0.1, 0.15) is 5.56 Å². The van der Waals surface area contributed by atoms with Crippen molar-refractivity contribution >= 4 is 11.6 Å². The zero-order chi connectivity index (χ0) is 22.0. The van der Waals surface area contributed by atoms with Crippen molar-refractivity contribution in [2.45, 2.75) is 53.2 Å². The Morgan fingerprint density at radius 1 is 1.23 bits per heavy atom. The van der Waals surface area contributed by atoms with Gasteiger partial charge in [-0.1, -0.05) is 44.2 Å². The number of carbonyl (C=O) groups excluding carboxylic acids is 1. The molecule has 0 atom stereocenters. The number of hydrogen-bond acceptors (Lipinski definition) is 4. The van der Waals surface area contributed by atoms with Crippen LogP contribution in [0.1, 0.15) is 54.4 Å². The molecule has 2 aromatic heterocycles. The lowest BCUT2D eigenvalue weighted by Gasteiger charge is -2.30. The second-order valence-corrected chi connectivity index (χ2v) is 8.65. The molecule has 1 N–H and O–H groups in total. The predicted molar refractivity (Wildman–Crippen MR) is 121 cm³/mol. The highest BCUT2D eigenvalue weighted by atomic mass is 16.2. The van der Waals surface area contributed by atoms with Crippen LogP contribution in [0.15, 0.2) is 41.3 Å². The number of nitrogens with one attached hydrogen (secondary N) is 1. The number of amides is 1. The Bertz CT molecular complexity index is 1130. The normalized spacial score (nSPS) is 14.2. The summed E-state index contributed by atoms with van der Waals surface area (Å²) in [4.78, 5) is 28.4. The zero-order valence-corrected chi connectivity index (χ0v) is 18.6. The van der Waals surface area contributed by atoms with Crippen LogP contribution in [-0.2, 0) is 26.1 Å². The van der Waals surface area contributed by atoms with Crippen molar-refractivity contribution < 1.29 is 4.79 Å². The van der Waals surface area contributed by atoms with Gasteiger partial charge in [0.2, 0.25) is 0 Å². The van der Waals surface area contributed by atoms with Crippen molar-refractivity contribution in [2.24, 2.45) is 5.92 Å². The van der Waals surface area contributed by atoms with Crippen LogP contribution in [0.4, 0.5) is 0 Å². The van der Waals surface area contributed by atoms with Crippen LogP contribution in [0.3, 0.4) is 0 Å². The fraction of sp³-hybridized carbons (Fsp3) is 0.458. The van der Waals surface area contributed by atoms with E-state index in [1.807, 2.05) is 18.2 Å². The Labute approximate surface area is 182 Å². The van der Waals surface area contributed by atoms with Crippen LogP contribution in [0, 0.1) is 5.92 Å². The molecule has 3 heterocycles. The SMILES string of the molecule is CCn1c2c(c(=O)n3ncc(C(=O)NCCC(C)C)c13)CN(Cc1ccccc1)CC2. The van der Waals surface area contributed by atoms with Gasteiger partial charge < -0.3 is 9.88 Å².